The van der Waals surface area contributed by atoms with Crippen LogP contribution in [0.15, 0.2) is 30.6 Å². The topological polar surface area (TPSA) is 69.0 Å². The van der Waals surface area contributed by atoms with E-state index in [-0.39, 0.29) is 5.69 Å². The lowest BCUT2D eigenvalue weighted by atomic mass is 10.3. The second-order valence-electron chi connectivity index (χ2n) is 3.42. The third kappa shape index (κ3) is 2.60. The maximum atomic E-state index is 11.3. The largest absolute Gasteiger partial charge is 0.464 e. The first-order valence-electron chi connectivity index (χ1n) is 5.00. The Morgan fingerprint density at radius 2 is 2.29 bits per heavy atom. The summed E-state index contributed by atoms with van der Waals surface area (Å²) in [5, 5.41) is 7.23. The monoisotopic (exact) mass is 232 g/mol. The zero-order chi connectivity index (χ0) is 12.3. The molecule has 1 N–H and O–H groups in total. The van der Waals surface area contributed by atoms with Gasteiger partial charge in [-0.05, 0) is 12.1 Å². The molecule has 2 rings (SSSR count). The van der Waals surface area contributed by atoms with E-state index in [1.54, 1.807) is 16.8 Å². The van der Waals surface area contributed by atoms with Crippen molar-refractivity contribution >= 4 is 17.5 Å². The predicted molar refractivity (Wildman–Crippen MR) is 62.1 cm³/mol. The number of esters is 1. The van der Waals surface area contributed by atoms with E-state index in [4.69, 9.17) is 0 Å². The molecule has 17 heavy (non-hydrogen) atoms. The highest BCUT2D eigenvalue weighted by molar-refractivity contribution is 5.88. The maximum absolute atomic E-state index is 11.3. The predicted octanol–water partition coefficient (Wildman–Crippen LogP) is 1.35. The summed E-state index contributed by atoms with van der Waals surface area (Å²) in [4.78, 5) is 15.2. The first kappa shape index (κ1) is 11.1. The number of anilines is 2. The summed E-state index contributed by atoms with van der Waals surface area (Å²) in [5.74, 6) is 0.240. The molecule has 0 saturated heterocycles. The van der Waals surface area contributed by atoms with Gasteiger partial charge in [0.05, 0.1) is 7.11 Å². The summed E-state index contributed by atoms with van der Waals surface area (Å²) in [6.45, 7) is 0. The molecule has 0 fully saturated rings. The van der Waals surface area contributed by atoms with Crippen molar-refractivity contribution in [2.45, 2.75) is 0 Å². The molecule has 0 amide bonds. The van der Waals surface area contributed by atoms with Crippen LogP contribution in [0.4, 0.5) is 11.5 Å². The Morgan fingerprint density at radius 1 is 1.47 bits per heavy atom. The van der Waals surface area contributed by atoms with Gasteiger partial charge in [0.15, 0.2) is 5.82 Å². The third-order valence-corrected chi connectivity index (χ3v) is 2.14. The minimum absolute atomic E-state index is 0.258. The van der Waals surface area contributed by atoms with Crippen LogP contribution in [-0.4, -0.2) is 27.8 Å². The van der Waals surface area contributed by atoms with Crippen LogP contribution in [0.1, 0.15) is 10.5 Å². The average molecular weight is 232 g/mol. The van der Waals surface area contributed by atoms with Gasteiger partial charge in [0, 0.05) is 31.2 Å². The van der Waals surface area contributed by atoms with Crippen LogP contribution < -0.4 is 5.32 Å². The molecular formula is C11H12N4O2. The highest BCUT2D eigenvalue weighted by Crippen LogP contribution is 2.14. The molecule has 0 bridgehead atoms. The SMILES string of the molecule is COC(=O)c1cc(Nc2ccn(C)n2)ccn1. The zero-order valence-corrected chi connectivity index (χ0v) is 9.54. The number of nitrogens with zero attached hydrogens (tertiary/aromatic N) is 3. The maximum Gasteiger partial charge on any atom is 0.356 e. The second kappa shape index (κ2) is 4.65. The van der Waals surface area contributed by atoms with Crippen molar-refractivity contribution in [2.75, 3.05) is 12.4 Å². The normalized spacial score (nSPS) is 10.0. The summed E-state index contributed by atoms with van der Waals surface area (Å²) in [7, 11) is 3.15. The molecule has 6 nitrogen and oxygen atoms in total. The second-order valence-corrected chi connectivity index (χ2v) is 3.42. The van der Waals surface area contributed by atoms with E-state index in [0.717, 1.165) is 5.69 Å². The lowest BCUT2D eigenvalue weighted by molar-refractivity contribution is 0.0594. The van der Waals surface area contributed by atoms with E-state index >= 15 is 0 Å². The van der Waals surface area contributed by atoms with Crippen LogP contribution in [0, 0.1) is 0 Å². The van der Waals surface area contributed by atoms with Crippen LogP contribution in [0.3, 0.4) is 0 Å². The molecule has 2 aromatic heterocycles. The number of rotatable bonds is 3. The van der Waals surface area contributed by atoms with Gasteiger partial charge in [-0.2, -0.15) is 5.10 Å². The number of hydrogen-bond acceptors (Lipinski definition) is 5. The van der Waals surface area contributed by atoms with Crippen LogP contribution in [0.25, 0.3) is 0 Å². The van der Waals surface area contributed by atoms with E-state index in [2.05, 4.69) is 20.1 Å². The number of carbonyl (C=O) groups is 1. The Labute approximate surface area is 98.2 Å². The molecule has 0 aliphatic heterocycles. The van der Waals surface area contributed by atoms with E-state index in [1.165, 1.54) is 13.3 Å². The van der Waals surface area contributed by atoms with Gasteiger partial charge in [0.25, 0.3) is 0 Å². The lowest BCUT2D eigenvalue weighted by Crippen LogP contribution is -2.04. The van der Waals surface area contributed by atoms with Crippen molar-refractivity contribution < 1.29 is 9.53 Å². The van der Waals surface area contributed by atoms with Crippen molar-refractivity contribution in [1.82, 2.24) is 14.8 Å². The molecular weight excluding hydrogens is 220 g/mol. The molecule has 88 valence electrons. The summed E-state index contributed by atoms with van der Waals surface area (Å²) in [6, 6.07) is 5.19. The van der Waals surface area contributed by atoms with Crippen molar-refractivity contribution in [2.24, 2.45) is 7.05 Å². The lowest BCUT2D eigenvalue weighted by Gasteiger charge is -2.04. The molecule has 2 heterocycles. The minimum atomic E-state index is -0.463. The summed E-state index contributed by atoms with van der Waals surface area (Å²) < 4.78 is 6.28. The fraction of sp³-hybridized carbons (Fsp3) is 0.182. The number of hydrogen-bond donors (Lipinski definition) is 1. The van der Waals surface area contributed by atoms with Crippen molar-refractivity contribution in [3.8, 4) is 0 Å². The first-order valence-corrected chi connectivity index (χ1v) is 5.00. The number of carbonyl (C=O) groups excluding carboxylic acids is 1. The average Bonchev–Trinajstić information content (AvgIpc) is 2.74. The van der Waals surface area contributed by atoms with Gasteiger partial charge in [-0.15, -0.1) is 0 Å². The van der Waals surface area contributed by atoms with Crippen molar-refractivity contribution in [3.05, 3.63) is 36.3 Å². The summed E-state index contributed by atoms with van der Waals surface area (Å²) >= 11 is 0. The Kier molecular flexibility index (Phi) is 3.04. The Hall–Kier alpha value is -2.37. The number of ether oxygens (including phenoxy) is 1. The number of aromatic nitrogens is 3. The standard InChI is InChI=1S/C11H12N4O2/c1-15-6-4-10(14-15)13-8-3-5-12-9(7-8)11(16)17-2/h3-7H,1-2H3,(H,12,13,14). The molecule has 0 unspecified atom stereocenters. The first-order chi connectivity index (χ1) is 8.19. The van der Waals surface area contributed by atoms with Gasteiger partial charge in [-0.25, -0.2) is 9.78 Å². The van der Waals surface area contributed by atoms with Gasteiger partial charge in [-0.3, -0.25) is 4.68 Å². The molecule has 0 aliphatic carbocycles. The molecule has 0 aromatic carbocycles. The number of pyridine rings is 1. The van der Waals surface area contributed by atoms with Crippen molar-refractivity contribution in [3.63, 3.8) is 0 Å². The quantitative estimate of drug-likeness (QED) is 0.809. The van der Waals surface area contributed by atoms with Crippen LogP contribution >= 0.6 is 0 Å². The fourth-order valence-corrected chi connectivity index (χ4v) is 1.35. The van der Waals surface area contributed by atoms with E-state index < -0.39 is 5.97 Å². The fourth-order valence-electron chi connectivity index (χ4n) is 1.35. The number of methoxy groups -OCH3 is 1. The molecule has 0 aliphatic rings. The number of aryl methyl sites for hydroxylation is 1. The highest BCUT2D eigenvalue weighted by Gasteiger charge is 2.07. The van der Waals surface area contributed by atoms with Gasteiger partial charge in [-0.1, -0.05) is 0 Å². The molecule has 0 spiro atoms. The molecule has 6 heteroatoms. The number of nitrogens with one attached hydrogen (secondary N) is 1. The Morgan fingerprint density at radius 3 is 2.94 bits per heavy atom. The van der Waals surface area contributed by atoms with E-state index in [9.17, 15) is 4.79 Å². The molecule has 0 radical (unpaired) electrons. The molecule has 0 atom stereocenters. The minimum Gasteiger partial charge on any atom is -0.464 e. The Bertz CT molecular complexity index is 536. The zero-order valence-electron chi connectivity index (χ0n) is 9.54. The van der Waals surface area contributed by atoms with Crippen LogP contribution in [0.2, 0.25) is 0 Å². The Balaban J connectivity index is 2.19. The van der Waals surface area contributed by atoms with Crippen molar-refractivity contribution in [1.29, 1.82) is 0 Å². The molecule has 2 aromatic rings. The smallest absolute Gasteiger partial charge is 0.356 e. The van der Waals surface area contributed by atoms with Crippen LogP contribution in [-0.2, 0) is 11.8 Å². The van der Waals surface area contributed by atoms with E-state index in [1.807, 2.05) is 19.3 Å². The van der Waals surface area contributed by atoms with Gasteiger partial charge < -0.3 is 10.1 Å². The van der Waals surface area contributed by atoms with Gasteiger partial charge >= 0.3 is 5.97 Å². The highest BCUT2D eigenvalue weighted by atomic mass is 16.5. The van der Waals surface area contributed by atoms with Gasteiger partial charge in [0.1, 0.15) is 5.69 Å². The van der Waals surface area contributed by atoms with Crippen LogP contribution in [0.5, 0.6) is 0 Å². The third-order valence-electron chi connectivity index (χ3n) is 2.14. The molecule has 0 saturated carbocycles. The van der Waals surface area contributed by atoms with E-state index in [0.29, 0.717) is 5.82 Å². The summed E-state index contributed by atoms with van der Waals surface area (Å²) in [5.41, 5.74) is 0.993. The van der Waals surface area contributed by atoms with Gasteiger partial charge in [0.2, 0.25) is 0 Å². The summed E-state index contributed by atoms with van der Waals surface area (Å²) in [6.07, 6.45) is 3.36.